The van der Waals surface area contributed by atoms with Crippen LogP contribution in [0, 0.1) is 5.92 Å². The molecule has 1 saturated heterocycles. The topological polar surface area (TPSA) is 26.3 Å². The van der Waals surface area contributed by atoms with Gasteiger partial charge in [0, 0.05) is 0 Å². The van der Waals surface area contributed by atoms with Crippen molar-refractivity contribution in [2.24, 2.45) is 5.92 Å². The molecule has 2 nitrogen and oxygen atoms in total. The van der Waals surface area contributed by atoms with E-state index in [9.17, 15) is 4.79 Å². The number of cyclic esters (lactones) is 1. The van der Waals surface area contributed by atoms with Gasteiger partial charge < -0.3 is 4.74 Å². The van der Waals surface area contributed by atoms with Gasteiger partial charge in [0.2, 0.25) is 0 Å². The molecule has 0 aromatic heterocycles. The molecule has 2 rings (SSSR count). The molecule has 1 aliphatic rings. The number of carbonyl (C=O) groups excluding carboxylic acids is 1. The molecule has 2 atom stereocenters. The average Bonchev–Trinajstić information content (AvgIpc) is 2.64. The van der Waals surface area contributed by atoms with E-state index in [2.05, 4.69) is 19.1 Å². The Morgan fingerprint density at radius 2 is 1.36 bits per heavy atom. The minimum atomic E-state index is -0.00285. The SMILES string of the molecule is CCCCCCCCCCCCC[C@H]1OC(=O)[C@@H]1Cc1ccccc1. The highest BCUT2D eigenvalue weighted by molar-refractivity contribution is 5.78. The zero-order chi connectivity index (χ0) is 17.7. The van der Waals surface area contributed by atoms with Crippen molar-refractivity contribution in [3.05, 3.63) is 35.9 Å². The summed E-state index contributed by atoms with van der Waals surface area (Å²) in [5, 5.41) is 0. The quantitative estimate of drug-likeness (QED) is 0.285. The zero-order valence-corrected chi connectivity index (χ0v) is 16.1. The number of unbranched alkanes of at least 4 members (excludes halogenated alkanes) is 10. The summed E-state index contributed by atoms with van der Waals surface area (Å²) >= 11 is 0. The van der Waals surface area contributed by atoms with Gasteiger partial charge in [0.15, 0.2) is 0 Å². The molecule has 0 bridgehead atoms. The van der Waals surface area contributed by atoms with Crippen molar-refractivity contribution in [3.8, 4) is 0 Å². The fourth-order valence-electron chi connectivity index (χ4n) is 3.75. The average molecular weight is 345 g/mol. The van der Waals surface area contributed by atoms with E-state index in [0.717, 1.165) is 12.8 Å². The molecule has 1 aromatic rings. The largest absolute Gasteiger partial charge is 0.461 e. The Morgan fingerprint density at radius 1 is 0.800 bits per heavy atom. The van der Waals surface area contributed by atoms with E-state index in [1.165, 1.54) is 76.2 Å². The molecule has 0 N–H and O–H groups in total. The van der Waals surface area contributed by atoms with Crippen LogP contribution in [0.25, 0.3) is 0 Å². The number of hydrogen-bond donors (Lipinski definition) is 0. The molecular weight excluding hydrogens is 308 g/mol. The van der Waals surface area contributed by atoms with Crippen molar-refractivity contribution in [2.45, 2.75) is 96.5 Å². The fraction of sp³-hybridized carbons (Fsp3) is 0.696. The summed E-state index contributed by atoms with van der Waals surface area (Å²) in [5.74, 6) is 0.0856. The molecule has 0 radical (unpaired) electrons. The number of ether oxygens (including phenoxy) is 1. The van der Waals surface area contributed by atoms with Gasteiger partial charge in [-0.25, -0.2) is 0 Å². The summed E-state index contributed by atoms with van der Waals surface area (Å²) in [4.78, 5) is 11.7. The summed E-state index contributed by atoms with van der Waals surface area (Å²) in [6.45, 7) is 2.27. The predicted molar refractivity (Wildman–Crippen MR) is 105 cm³/mol. The highest BCUT2D eigenvalue weighted by Crippen LogP contribution is 2.30. The van der Waals surface area contributed by atoms with Crippen molar-refractivity contribution in [3.63, 3.8) is 0 Å². The van der Waals surface area contributed by atoms with Crippen molar-refractivity contribution >= 4 is 5.97 Å². The third-order valence-corrected chi connectivity index (χ3v) is 5.41. The van der Waals surface area contributed by atoms with Gasteiger partial charge in [-0.2, -0.15) is 0 Å². The number of rotatable bonds is 14. The van der Waals surface area contributed by atoms with Gasteiger partial charge >= 0.3 is 5.97 Å². The zero-order valence-electron chi connectivity index (χ0n) is 16.1. The molecule has 0 spiro atoms. The minimum Gasteiger partial charge on any atom is -0.461 e. The summed E-state index contributed by atoms with van der Waals surface area (Å²) in [7, 11) is 0. The van der Waals surface area contributed by atoms with E-state index >= 15 is 0 Å². The molecule has 1 aromatic carbocycles. The van der Waals surface area contributed by atoms with E-state index in [0.29, 0.717) is 0 Å². The summed E-state index contributed by atoms with van der Waals surface area (Å²) in [5.41, 5.74) is 1.24. The van der Waals surface area contributed by atoms with Gasteiger partial charge in [-0.1, -0.05) is 101 Å². The van der Waals surface area contributed by atoms with Gasteiger partial charge in [-0.15, -0.1) is 0 Å². The standard InChI is InChI=1S/C23H36O2/c1-2-3-4-5-6-7-8-9-10-11-15-18-22-21(23(24)25-22)19-20-16-13-12-14-17-20/h12-14,16-17,21-22H,2-11,15,18-19H2,1H3/t21-,22-/m1/s1. The second-order valence-corrected chi connectivity index (χ2v) is 7.60. The molecule has 2 heteroatoms. The maximum absolute atomic E-state index is 11.7. The van der Waals surface area contributed by atoms with Crippen LogP contribution in [0.3, 0.4) is 0 Å². The fourth-order valence-corrected chi connectivity index (χ4v) is 3.75. The second kappa shape index (κ2) is 12.1. The first kappa shape index (κ1) is 20.0. The molecule has 0 aliphatic carbocycles. The first-order valence-electron chi connectivity index (χ1n) is 10.6. The molecule has 1 aliphatic heterocycles. The lowest BCUT2D eigenvalue weighted by Gasteiger charge is -2.35. The Labute approximate surface area is 154 Å². The van der Waals surface area contributed by atoms with Crippen molar-refractivity contribution in [2.75, 3.05) is 0 Å². The van der Waals surface area contributed by atoms with E-state index in [4.69, 9.17) is 4.74 Å². The van der Waals surface area contributed by atoms with E-state index in [1.807, 2.05) is 18.2 Å². The van der Waals surface area contributed by atoms with Gasteiger partial charge in [0.1, 0.15) is 6.10 Å². The summed E-state index contributed by atoms with van der Waals surface area (Å²) < 4.78 is 5.38. The molecule has 0 unspecified atom stereocenters. The van der Waals surface area contributed by atoms with Crippen molar-refractivity contribution in [1.82, 2.24) is 0 Å². The van der Waals surface area contributed by atoms with Crippen LogP contribution in [0.2, 0.25) is 0 Å². The Bertz CT molecular complexity index is 468. The number of carbonyl (C=O) groups is 1. The van der Waals surface area contributed by atoms with E-state index in [-0.39, 0.29) is 18.0 Å². The number of esters is 1. The van der Waals surface area contributed by atoms with Crippen LogP contribution in [0.15, 0.2) is 30.3 Å². The molecular formula is C23H36O2. The lowest BCUT2D eigenvalue weighted by Crippen LogP contribution is -2.46. The van der Waals surface area contributed by atoms with Crippen LogP contribution in [0.1, 0.15) is 89.5 Å². The Kier molecular flexibility index (Phi) is 9.69. The lowest BCUT2D eigenvalue weighted by molar-refractivity contribution is -0.185. The Hall–Kier alpha value is -1.31. The summed E-state index contributed by atoms with van der Waals surface area (Å²) in [6.07, 6.45) is 17.0. The Balaban J connectivity index is 1.46. The maximum Gasteiger partial charge on any atom is 0.313 e. The minimum absolute atomic E-state index is 0.00285. The molecule has 1 heterocycles. The molecule has 1 fully saturated rings. The van der Waals surface area contributed by atoms with E-state index in [1.54, 1.807) is 0 Å². The highest BCUT2D eigenvalue weighted by Gasteiger charge is 2.41. The third kappa shape index (κ3) is 7.63. The smallest absolute Gasteiger partial charge is 0.313 e. The van der Waals surface area contributed by atoms with Gasteiger partial charge in [0.05, 0.1) is 5.92 Å². The van der Waals surface area contributed by atoms with Crippen molar-refractivity contribution in [1.29, 1.82) is 0 Å². The van der Waals surface area contributed by atoms with Crippen LogP contribution in [0.4, 0.5) is 0 Å². The van der Waals surface area contributed by atoms with E-state index < -0.39 is 0 Å². The molecule has 140 valence electrons. The monoisotopic (exact) mass is 344 g/mol. The highest BCUT2D eigenvalue weighted by atomic mass is 16.6. The molecule has 25 heavy (non-hydrogen) atoms. The van der Waals surface area contributed by atoms with Crippen LogP contribution in [-0.4, -0.2) is 12.1 Å². The second-order valence-electron chi connectivity index (χ2n) is 7.60. The van der Waals surface area contributed by atoms with Crippen LogP contribution >= 0.6 is 0 Å². The van der Waals surface area contributed by atoms with Crippen LogP contribution < -0.4 is 0 Å². The van der Waals surface area contributed by atoms with Gasteiger partial charge in [-0.05, 0) is 24.8 Å². The maximum atomic E-state index is 11.7. The first-order valence-corrected chi connectivity index (χ1v) is 10.6. The number of hydrogen-bond acceptors (Lipinski definition) is 2. The van der Waals surface area contributed by atoms with Crippen LogP contribution in [-0.2, 0) is 16.0 Å². The Morgan fingerprint density at radius 3 is 1.92 bits per heavy atom. The molecule has 0 amide bonds. The summed E-state index contributed by atoms with van der Waals surface area (Å²) in [6, 6.07) is 10.3. The number of benzene rings is 1. The van der Waals surface area contributed by atoms with Gasteiger partial charge in [-0.3, -0.25) is 4.79 Å². The molecule has 0 saturated carbocycles. The van der Waals surface area contributed by atoms with Crippen molar-refractivity contribution < 1.29 is 9.53 Å². The predicted octanol–water partition coefficient (Wildman–Crippen LogP) is 6.47. The third-order valence-electron chi connectivity index (χ3n) is 5.41. The van der Waals surface area contributed by atoms with Gasteiger partial charge in [0.25, 0.3) is 0 Å². The first-order chi connectivity index (χ1) is 12.3. The van der Waals surface area contributed by atoms with Crippen LogP contribution in [0.5, 0.6) is 0 Å². The normalized spacial score (nSPS) is 19.5. The lowest BCUT2D eigenvalue weighted by atomic mass is 9.87.